The van der Waals surface area contributed by atoms with Gasteiger partial charge in [0.15, 0.2) is 5.17 Å². The van der Waals surface area contributed by atoms with Crippen LogP contribution in [0.1, 0.15) is 16.7 Å². The third-order valence-corrected chi connectivity index (χ3v) is 4.75. The van der Waals surface area contributed by atoms with Crippen LogP contribution in [-0.4, -0.2) is 30.4 Å². The molecule has 1 aliphatic heterocycles. The Hall–Kier alpha value is -3.39. The quantitative estimate of drug-likeness (QED) is 0.343. The summed E-state index contributed by atoms with van der Waals surface area (Å²) in [5.74, 6) is -0.337. The van der Waals surface area contributed by atoms with Crippen LogP contribution in [0.4, 0.5) is 0 Å². The molecule has 0 saturated carbocycles. The second-order valence-corrected chi connectivity index (χ2v) is 7.08. The zero-order valence-electron chi connectivity index (χ0n) is 15.9. The maximum atomic E-state index is 11.8. The van der Waals surface area contributed by atoms with E-state index in [2.05, 4.69) is 20.3 Å². The number of hydrogen-bond donors (Lipinski definition) is 1. The van der Waals surface area contributed by atoms with Crippen molar-refractivity contribution in [3.8, 4) is 5.75 Å². The lowest BCUT2D eigenvalue weighted by Gasteiger charge is -2.10. The van der Waals surface area contributed by atoms with Crippen LogP contribution in [-0.2, 0) is 20.9 Å². The highest BCUT2D eigenvalue weighted by molar-refractivity contribution is 8.18. The minimum Gasteiger partial charge on any atom is -0.488 e. The van der Waals surface area contributed by atoms with Gasteiger partial charge in [0, 0.05) is 11.6 Å². The van der Waals surface area contributed by atoms with Crippen molar-refractivity contribution in [3.63, 3.8) is 0 Å². The highest BCUT2D eigenvalue weighted by atomic mass is 32.2. The van der Waals surface area contributed by atoms with Gasteiger partial charge in [0.1, 0.15) is 12.4 Å². The topological polar surface area (TPSA) is 89.3 Å². The molecule has 148 valence electrons. The summed E-state index contributed by atoms with van der Waals surface area (Å²) in [5.41, 5.74) is 2.88. The molecule has 0 spiro atoms. The van der Waals surface area contributed by atoms with Gasteiger partial charge in [-0.2, -0.15) is 5.10 Å². The molecule has 1 amide bonds. The Morgan fingerprint density at radius 1 is 1.21 bits per heavy atom. The monoisotopic (exact) mass is 409 g/mol. The van der Waals surface area contributed by atoms with E-state index in [0.717, 1.165) is 34.5 Å². The van der Waals surface area contributed by atoms with E-state index in [4.69, 9.17) is 4.74 Å². The SMILES string of the molecule is COC(=O)/C=C1/S/C(=N\N=Cc2ccc(C)cc2OCc2ccccc2)NC1=O. The Morgan fingerprint density at radius 2 is 2.00 bits per heavy atom. The maximum absolute atomic E-state index is 11.8. The van der Waals surface area contributed by atoms with E-state index in [0.29, 0.717) is 12.4 Å². The van der Waals surface area contributed by atoms with Gasteiger partial charge in [-0.1, -0.05) is 36.4 Å². The van der Waals surface area contributed by atoms with Crippen LogP contribution < -0.4 is 10.1 Å². The number of carbonyl (C=O) groups excluding carboxylic acids is 2. The number of methoxy groups -OCH3 is 1. The number of rotatable bonds is 6. The molecule has 0 bridgehead atoms. The maximum Gasteiger partial charge on any atom is 0.331 e. The molecule has 7 nitrogen and oxygen atoms in total. The van der Waals surface area contributed by atoms with Crippen LogP contribution >= 0.6 is 11.8 Å². The van der Waals surface area contributed by atoms with Gasteiger partial charge >= 0.3 is 5.97 Å². The summed E-state index contributed by atoms with van der Waals surface area (Å²) in [5, 5.41) is 10.9. The second kappa shape index (κ2) is 9.70. The molecule has 1 fully saturated rings. The third kappa shape index (κ3) is 5.79. The largest absolute Gasteiger partial charge is 0.488 e. The standard InChI is InChI=1S/C21H19N3O4S/c1-14-8-9-16(17(10-14)28-13-15-6-4-3-5-7-15)12-22-24-21-23-20(26)18(29-21)11-19(25)27-2/h3-12H,13H2,1-2H3,(H,23,24,26)/b18-11+,22-12?. The summed E-state index contributed by atoms with van der Waals surface area (Å²) in [6, 6.07) is 15.6. The molecular weight excluding hydrogens is 390 g/mol. The van der Waals surface area contributed by atoms with Crippen LogP contribution in [0.3, 0.4) is 0 Å². The summed E-state index contributed by atoms with van der Waals surface area (Å²) in [6.45, 7) is 2.42. The zero-order chi connectivity index (χ0) is 20.6. The van der Waals surface area contributed by atoms with Gasteiger partial charge in [0.05, 0.1) is 18.2 Å². The summed E-state index contributed by atoms with van der Waals surface area (Å²) >= 11 is 1.02. The molecule has 1 heterocycles. The predicted molar refractivity (Wildman–Crippen MR) is 113 cm³/mol. The number of ether oxygens (including phenoxy) is 2. The molecule has 2 aromatic rings. The Morgan fingerprint density at radius 3 is 2.76 bits per heavy atom. The van der Waals surface area contributed by atoms with Crippen molar-refractivity contribution in [2.75, 3.05) is 7.11 Å². The number of benzene rings is 2. The average Bonchev–Trinajstić information content (AvgIpc) is 3.07. The molecule has 0 aromatic heterocycles. The minimum absolute atomic E-state index is 0.202. The molecule has 0 aliphatic carbocycles. The number of carbonyl (C=O) groups is 2. The highest BCUT2D eigenvalue weighted by Crippen LogP contribution is 2.24. The Kier molecular flexibility index (Phi) is 6.80. The predicted octanol–water partition coefficient (Wildman–Crippen LogP) is 3.18. The fourth-order valence-electron chi connectivity index (χ4n) is 2.39. The fourth-order valence-corrected chi connectivity index (χ4v) is 3.13. The molecule has 2 aromatic carbocycles. The molecule has 1 saturated heterocycles. The first kappa shape index (κ1) is 20.3. The minimum atomic E-state index is -0.604. The van der Waals surface area contributed by atoms with E-state index in [-0.39, 0.29) is 10.1 Å². The van der Waals surface area contributed by atoms with Crippen molar-refractivity contribution in [1.82, 2.24) is 5.32 Å². The van der Waals surface area contributed by atoms with Gasteiger partial charge in [-0.05, 0) is 41.9 Å². The summed E-state index contributed by atoms with van der Waals surface area (Å²) in [7, 11) is 1.25. The summed E-state index contributed by atoms with van der Waals surface area (Å²) < 4.78 is 10.5. The number of thioether (sulfide) groups is 1. The van der Waals surface area contributed by atoms with E-state index in [1.807, 2.05) is 55.5 Å². The van der Waals surface area contributed by atoms with Gasteiger partial charge in [-0.25, -0.2) is 4.79 Å². The van der Waals surface area contributed by atoms with Gasteiger partial charge in [-0.15, -0.1) is 5.10 Å². The first-order chi connectivity index (χ1) is 14.0. The normalized spacial score (nSPS) is 16.4. The second-order valence-electron chi connectivity index (χ2n) is 6.05. The lowest BCUT2D eigenvalue weighted by molar-refractivity contribution is -0.135. The molecule has 0 unspecified atom stereocenters. The van der Waals surface area contributed by atoms with Crippen molar-refractivity contribution in [2.45, 2.75) is 13.5 Å². The summed E-state index contributed by atoms with van der Waals surface area (Å²) in [6.07, 6.45) is 2.67. The smallest absolute Gasteiger partial charge is 0.331 e. The molecule has 0 radical (unpaired) electrons. The van der Waals surface area contributed by atoms with Crippen molar-refractivity contribution in [1.29, 1.82) is 0 Å². The fraction of sp³-hybridized carbons (Fsp3) is 0.143. The lowest BCUT2D eigenvalue weighted by atomic mass is 10.1. The van der Waals surface area contributed by atoms with Crippen molar-refractivity contribution >= 4 is 35.0 Å². The Balaban J connectivity index is 1.70. The number of hydrogen-bond acceptors (Lipinski definition) is 7. The van der Waals surface area contributed by atoms with E-state index < -0.39 is 11.9 Å². The van der Waals surface area contributed by atoms with E-state index in [1.54, 1.807) is 6.21 Å². The highest BCUT2D eigenvalue weighted by Gasteiger charge is 2.25. The van der Waals surface area contributed by atoms with Crippen LogP contribution in [0.15, 0.2) is 69.7 Å². The van der Waals surface area contributed by atoms with Crippen LogP contribution in [0, 0.1) is 6.92 Å². The lowest BCUT2D eigenvalue weighted by Crippen LogP contribution is -2.19. The van der Waals surface area contributed by atoms with Crippen molar-refractivity contribution in [2.24, 2.45) is 10.2 Å². The van der Waals surface area contributed by atoms with E-state index in [9.17, 15) is 9.59 Å². The summed E-state index contributed by atoms with van der Waals surface area (Å²) in [4.78, 5) is 23.3. The van der Waals surface area contributed by atoms with Gasteiger partial charge < -0.3 is 9.47 Å². The number of nitrogens with zero attached hydrogens (tertiary/aromatic N) is 2. The third-order valence-electron chi connectivity index (χ3n) is 3.85. The molecule has 3 rings (SSSR count). The molecule has 1 aliphatic rings. The van der Waals surface area contributed by atoms with Gasteiger partial charge in [0.2, 0.25) is 0 Å². The first-order valence-corrected chi connectivity index (χ1v) is 9.54. The molecule has 29 heavy (non-hydrogen) atoms. The van der Waals surface area contributed by atoms with Crippen molar-refractivity contribution in [3.05, 3.63) is 76.2 Å². The molecule has 1 N–H and O–H groups in total. The molecule has 8 heteroatoms. The molecule has 0 atom stereocenters. The number of nitrogens with one attached hydrogen (secondary N) is 1. The zero-order valence-corrected chi connectivity index (χ0v) is 16.7. The Labute approximate surface area is 172 Å². The van der Waals surface area contributed by atoms with Crippen molar-refractivity contribution < 1.29 is 19.1 Å². The average molecular weight is 409 g/mol. The Bertz CT molecular complexity index is 1000. The van der Waals surface area contributed by atoms with Crippen LogP contribution in [0.25, 0.3) is 0 Å². The number of aryl methyl sites for hydroxylation is 1. The van der Waals surface area contributed by atoms with Crippen LogP contribution in [0.2, 0.25) is 0 Å². The number of esters is 1. The van der Waals surface area contributed by atoms with Crippen LogP contribution in [0.5, 0.6) is 5.75 Å². The molecular formula is C21H19N3O4S. The van der Waals surface area contributed by atoms with E-state index >= 15 is 0 Å². The number of amidine groups is 1. The van der Waals surface area contributed by atoms with Gasteiger partial charge in [-0.3, -0.25) is 10.1 Å². The number of amides is 1. The first-order valence-electron chi connectivity index (χ1n) is 8.72. The van der Waals surface area contributed by atoms with Gasteiger partial charge in [0.25, 0.3) is 5.91 Å². The van der Waals surface area contributed by atoms with E-state index in [1.165, 1.54) is 7.11 Å².